The zero-order valence-corrected chi connectivity index (χ0v) is 8.83. The highest BCUT2D eigenvalue weighted by Gasteiger charge is 2.37. The van der Waals surface area contributed by atoms with Gasteiger partial charge in [0, 0.05) is 13.3 Å². The lowest BCUT2D eigenvalue weighted by molar-refractivity contribution is -0.852. The van der Waals surface area contributed by atoms with Crippen molar-refractivity contribution in [2.75, 3.05) is 7.05 Å². The molecule has 0 saturated carbocycles. The topological polar surface area (TPSA) is 17.1 Å². The molecule has 2 heteroatoms. The van der Waals surface area contributed by atoms with E-state index in [0.717, 1.165) is 0 Å². The summed E-state index contributed by atoms with van der Waals surface area (Å²) in [5.74, 6) is 0.628. The molecule has 0 aromatic rings. The molecule has 2 nitrogen and oxygen atoms in total. The summed E-state index contributed by atoms with van der Waals surface area (Å²) in [6.45, 7) is 9.07. The maximum absolute atomic E-state index is 4.37. The van der Waals surface area contributed by atoms with Crippen LogP contribution >= 0.6 is 0 Å². The van der Waals surface area contributed by atoms with Gasteiger partial charge in [-0.1, -0.05) is 20.8 Å². The molecule has 0 bridgehead atoms. The highest BCUT2D eigenvalue weighted by atomic mass is 15.2. The quantitative estimate of drug-likeness (QED) is 0.388. The molecule has 0 aromatic heterocycles. The molecule has 0 amide bonds. The second-order valence-electron chi connectivity index (χ2n) is 4.90. The number of hydrogen-bond acceptors (Lipinski definition) is 0. The smallest absolute Gasteiger partial charge is 0.0593 e. The van der Waals surface area contributed by atoms with Gasteiger partial charge in [-0.15, -0.1) is 0 Å². The fraction of sp³-hybridized carbons (Fsp3) is 0.900. The highest BCUT2D eigenvalue weighted by molar-refractivity contribution is 5.55. The van der Waals surface area contributed by atoms with Gasteiger partial charge in [0.25, 0.3) is 0 Å². The number of hydrogen-bond donors (Lipinski definition) is 0. The van der Waals surface area contributed by atoms with Crippen molar-refractivity contribution in [1.82, 2.24) is 0 Å². The average molecular weight is 168 g/mol. The Kier molecular flexibility index (Phi) is 2.39. The third-order valence-electron chi connectivity index (χ3n) is 2.77. The first-order chi connectivity index (χ1) is 5.41. The Labute approximate surface area is 75.0 Å². The lowest BCUT2D eigenvalue weighted by Crippen LogP contribution is -2.34. The Morgan fingerprint density at radius 2 is 2.00 bits per heavy atom. The lowest BCUT2D eigenvalue weighted by atomic mass is 9.78. The maximum Gasteiger partial charge on any atom is 0.355 e. The summed E-state index contributed by atoms with van der Waals surface area (Å²) in [4.78, 5) is 4.37. The normalized spacial score (nSPS) is 30.2. The van der Waals surface area contributed by atoms with Crippen LogP contribution in [-0.4, -0.2) is 28.8 Å². The minimum absolute atomic E-state index is 0.360. The molecule has 1 aliphatic heterocycles. The van der Waals surface area contributed by atoms with E-state index in [2.05, 4.69) is 38.7 Å². The van der Waals surface area contributed by atoms with Gasteiger partial charge >= 0.3 is 6.21 Å². The summed E-state index contributed by atoms with van der Waals surface area (Å²) in [5, 5.41) is 0. The van der Waals surface area contributed by atoms with Gasteiger partial charge in [-0.3, -0.25) is 0 Å². The van der Waals surface area contributed by atoms with Crippen molar-refractivity contribution in [3.8, 4) is 0 Å². The fourth-order valence-corrected chi connectivity index (χ4v) is 1.46. The molecule has 0 fully saturated rings. The highest BCUT2D eigenvalue weighted by Crippen LogP contribution is 2.29. The van der Waals surface area contributed by atoms with Gasteiger partial charge < -0.3 is 0 Å². The number of rotatable bonds is 0. The van der Waals surface area contributed by atoms with Crippen molar-refractivity contribution < 1.29 is 9.49 Å². The Morgan fingerprint density at radius 1 is 1.42 bits per heavy atom. The van der Waals surface area contributed by atoms with Crippen LogP contribution < -0.4 is 0 Å². The minimum atomic E-state index is 0.360. The Hall–Kier alpha value is -0.620. The molecular formula is C10H20N2+2. The third kappa shape index (κ3) is 1.95. The van der Waals surface area contributed by atoms with Crippen molar-refractivity contribution in [3.63, 3.8) is 0 Å². The van der Waals surface area contributed by atoms with Crippen molar-refractivity contribution in [3.05, 3.63) is 0 Å². The van der Waals surface area contributed by atoms with E-state index < -0.39 is 0 Å². The van der Waals surface area contributed by atoms with Crippen LogP contribution in [0.1, 0.15) is 34.1 Å². The van der Waals surface area contributed by atoms with Crippen LogP contribution in [0, 0.1) is 11.3 Å². The summed E-state index contributed by atoms with van der Waals surface area (Å²) in [6, 6.07) is 0.583. The average Bonchev–Trinajstić information content (AvgIpc) is 1.92. The summed E-state index contributed by atoms with van der Waals surface area (Å²) >= 11 is 0. The molecule has 68 valence electrons. The lowest BCUT2D eigenvalue weighted by Gasteiger charge is -2.23. The molecule has 1 aliphatic rings. The van der Waals surface area contributed by atoms with Gasteiger partial charge in [-0.05, 0) is 5.41 Å². The Bertz CT molecular complexity index is 229. The predicted octanol–water partition coefficient (Wildman–Crippen LogP) is 1.81. The Balaban J connectivity index is 2.83. The van der Waals surface area contributed by atoms with Crippen LogP contribution in [-0.2, 0) is 0 Å². The fourth-order valence-electron chi connectivity index (χ4n) is 1.46. The second-order valence-corrected chi connectivity index (χ2v) is 4.90. The maximum atomic E-state index is 4.37. The zero-order chi connectivity index (χ0) is 9.35. The molecule has 0 spiro atoms. The molecule has 12 heavy (non-hydrogen) atoms. The first-order valence-electron chi connectivity index (χ1n) is 4.68. The third-order valence-corrected chi connectivity index (χ3v) is 2.77. The largest absolute Gasteiger partial charge is 0.355 e. The van der Waals surface area contributed by atoms with Crippen molar-refractivity contribution >= 4 is 6.21 Å². The molecule has 0 N–H and O–H groups in total. The summed E-state index contributed by atoms with van der Waals surface area (Å²) in [7, 11) is 2.04. The van der Waals surface area contributed by atoms with Crippen LogP contribution in [0.2, 0.25) is 0 Å². The molecular weight excluding hydrogens is 148 g/mol. The van der Waals surface area contributed by atoms with E-state index in [-0.39, 0.29) is 0 Å². The first-order valence-corrected chi connectivity index (χ1v) is 4.68. The van der Waals surface area contributed by atoms with Crippen LogP contribution in [0.5, 0.6) is 0 Å². The molecule has 0 saturated heterocycles. The summed E-state index contributed by atoms with van der Waals surface area (Å²) in [6.07, 6.45) is 3.32. The van der Waals surface area contributed by atoms with Crippen LogP contribution in [0.4, 0.5) is 0 Å². The van der Waals surface area contributed by atoms with Crippen molar-refractivity contribution in [1.29, 1.82) is 0 Å². The molecule has 1 heterocycles. The van der Waals surface area contributed by atoms with Gasteiger partial charge in [-0.25, -0.2) is 0 Å². The number of nitrogens with zero attached hydrogens (tertiary/aromatic N) is 2. The van der Waals surface area contributed by atoms with Gasteiger partial charge in [0.1, 0.15) is 0 Å². The van der Waals surface area contributed by atoms with E-state index in [1.54, 1.807) is 0 Å². The molecule has 0 aliphatic carbocycles. The second kappa shape index (κ2) is 3.02. The molecule has 1 rings (SSSR count). The zero-order valence-electron chi connectivity index (χ0n) is 8.83. The van der Waals surface area contributed by atoms with Crippen LogP contribution in [0.15, 0.2) is 0 Å². The SMILES string of the molecule is CC1CC(C(C)(C)C)C=[N+]=[N+]1C. The van der Waals surface area contributed by atoms with E-state index in [9.17, 15) is 0 Å². The van der Waals surface area contributed by atoms with Crippen molar-refractivity contribution in [2.24, 2.45) is 11.3 Å². The molecule has 2 unspecified atom stereocenters. The van der Waals surface area contributed by atoms with E-state index in [4.69, 9.17) is 0 Å². The van der Waals surface area contributed by atoms with Gasteiger partial charge in [0.05, 0.1) is 10.6 Å². The summed E-state index contributed by atoms with van der Waals surface area (Å²) in [5.41, 5.74) is 0.360. The standard InChI is InChI=1S/C10H20N2/c1-8-6-9(10(2,3)4)7-11-12(8)5/h7-9H,6H2,1-5H3/q+2. The van der Waals surface area contributed by atoms with Crippen molar-refractivity contribution in [2.45, 2.75) is 40.2 Å². The van der Waals surface area contributed by atoms with E-state index in [1.807, 2.05) is 11.7 Å². The first kappa shape index (κ1) is 9.47. The minimum Gasteiger partial charge on any atom is -0.0593 e. The van der Waals surface area contributed by atoms with E-state index >= 15 is 0 Å². The van der Waals surface area contributed by atoms with Gasteiger partial charge in [-0.2, -0.15) is 0 Å². The predicted molar refractivity (Wildman–Crippen MR) is 49.5 cm³/mol. The van der Waals surface area contributed by atoms with E-state index in [0.29, 0.717) is 17.4 Å². The van der Waals surface area contributed by atoms with Gasteiger partial charge in [0.15, 0.2) is 4.79 Å². The van der Waals surface area contributed by atoms with Crippen LogP contribution in [0.3, 0.4) is 0 Å². The summed E-state index contributed by atoms with van der Waals surface area (Å²) < 4.78 is 2.04. The molecule has 2 atom stereocenters. The molecule has 0 aromatic carbocycles. The molecule has 0 radical (unpaired) electrons. The monoisotopic (exact) mass is 168 g/mol. The van der Waals surface area contributed by atoms with E-state index in [1.165, 1.54) is 6.42 Å². The van der Waals surface area contributed by atoms with Crippen LogP contribution in [0.25, 0.3) is 0 Å². The Morgan fingerprint density at radius 3 is 2.42 bits per heavy atom. The van der Waals surface area contributed by atoms with Gasteiger partial charge in [0.2, 0.25) is 13.1 Å².